The average Bonchev–Trinajstić information content (AvgIpc) is 3.07. The molecule has 1 unspecified atom stereocenters. The summed E-state index contributed by atoms with van der Waals surface area (Å²) in [5.74, 6) is -1.67. The van der Waals surface area contributed by atoms with Gasteiger partial charge >= 0.3 is 12.0 Å². The van der Waals surface area contributed by atoms with Gasteiger partial charge in [-0.2, -0.15) is 0 Å². The molecular formula is C11H16N6O4. The lowest BCUT2D eigenvalue weighted by molar-refractivity contribution is -0.121. The minimum atomic E-state index is -1.16. The smallest absolute Gasteiger partial charge is 0.358 e. The van der Waals surface area contributed by atoms with E-state index in [4.69, 9.17) is 10.8 Å². The number of carbonyl (C=O) groups excluding carboxylic acids is 2. The molecule has 2 heterocycles. The zero-order valence-corrected chi connectivity index (χ0v) is 11.2. The fourth-order valence-corrected chi connectivity index (χ4v) is 2.19. The maximum absolute atomic E-state index is 11.9. The molecule has 1 atom stereocenters. The first-order valence-corrected chi connectivity index (χ1v) is 6.46. The van der Waals surface area contributed by atoms with Crippen LogP contribution in [0.25, 0.3) is 0 Å². The topological polar surface area (TPSA) is 143 Å². The molecule has 1 aromatic rings. The predicted octanol–water partition coefficient (Wildman–Crippen LogP) is -1.36. The van der Waals surface area contributed by atoms with E-state index in [9.17, 15) is 14.4 Å². The van der Waals surface area contributed by atoms with Gasteiger partial charge in [0.1, 0.15) is 6.04 Å². The van der Waals surface area contributed by atoms with E-state index in [1.165, 1.54) is 15.8 Å². The molecule has 0 radical (unpaired) electrons. The number of amides is 3. The summed E-state index contributed by atoms with van der Waals surface area (Å²) in [4.78, 5) is 35.2. The number of rotatable bonds is 5. The zero-order chi connectivity index (χ0) is 15.4. The highest BCUT2D eigenvalue weighted by molar-refractivity contribution is 5.86. The van der Waals surface area contributed by atoms with Crippen LogP contribution in [-0.4, -0.2) is 62.0 Å². The number of hydrogen-bond acceptors (Lipinski definition) is 5. The van der Waals surface area contributed by atoms with Gasteiger partial charge in [0.15, 0.2) is 5.69 Å². The molecule has 0 bridgehead atoms. The summed E-state index contributed by atoms with van der Waals surface area (Å²) < 4.78 is 1.32. The molecule has 1 aromatic heterocycles. The Morgan fingerprint density at radius 1 is 1.48 bits per heavy atom. The number of nitrogens with two attached hydrogens (primary N) is 1. The van der Waals surface area contributed by atoms with Gasteiger partial charge in [-0.25, -0.2) is 14.3 Å². The van der Waals surface area contributed by atoms with Gasteiger partial charge in [0.2, 0.25) is 5.91 Å². The first kappa shape index (κ1) is 14.8. The molecule has 2 rings (SSSR count). The van der Waals surface area contributed by atoms with Crippen molar-refractivity contribution >= 4 is 17.9 Å². The Balaban J connectivity index is 1.81. The quantitative estimate of drug-likeness (QED) is 0.612. The summed E-state index contributed by atoms with van der Waals surface area (Å²) in [7, 11) is 0. The van der Waals surface area contributed by atoms with Gasteiger partial charge in [-0.05, 0) is 12.8 Å². The number of likely N-dealkylation sites (tertiary alicyclic amines) is 1. The van der Waals surface area contributed by atoms with E-state index in [0.29, 0.717) is 13.0 Å². The van der Waals surface area contributed by atoms with Gasteiger partial charge < -0.3 is 21.1 Å². The molecule has 0 spiro atoms. The fourth-order valence-electron chi connectivity index (χ4n) is 2.19. The second-order valence-electron chi connectivity index (χ2n) is 4.66. The minimum absolute atomic E-state index is 0.158. The van der Waals surface area contributed by atoms with Gasteiger partial charge in [-0.15, -0.1) is 5.10 Å². The third kappa shape index (κ3) is 3.46. The number of carboxylic acid groups (broad SMARTS) is 1. The highest BCUT2D eigenvalue weighted by Crippen LogP contribution is 2.16. The summed E-state index contributed by atoms with van der Waals surface area (Å²) in [5, 5.41) is 18.4. The normalized spacial score (nSPS) is 17.7. The van der Waals surface area contributed by atoms with Gasteiger partial charge in [0.25, 0.3) is 0 Å². The third-order valence-electron chi connectivity index (χ3n) is 3.22. The molecule has 0 saturated carbocycles. The summed E-state index contributed by atoms with van der Waals surface area (Å²) in [6, 6.07) is -0.926. The molecule has 1 aliphatic rings. The molecule has 0 aliphatic carbocycles. The number of hydrogen-bond donors (Lipinski definition) is 3. The minimum Gasteiger partial charge on any atom is -0.476 e. The first-order chi connectivity index (χ1) is 9.99. The third-order valence-corrected chi connectivity index (χ3v) is 3.22. The lowest BCUT2D eigenvalue weighted by Crippen LogP contribution is -2.48. The Bertz CT molecular complexity index is 557. The van der Waals surface area contributed by atoms with E-state index in [-0.39, 0.29) is 24.8 Å². The van der Waals surface area contributed by atoms with Crippen molar-refractivity contribution in [2.45, 2.75) is 25.4 Å². The predicted molar refractivity (Wildman–Crippen MR) is 69.3 cm³/mol. The molecule has 10 heteroatoms. The van der Waals surface area contributed by atoms with Gasteiger partial charge in [-0.3, -0.25) is 4.79 Å². The Kier molecular flexibility index (Phi) is 4.36. The Morgan fingerprint density at radius 2 is 2.24 bits per heavy atom. The SMILES string of the molecule is NC(=O)C1CCCN1C(=O)NCCn1cc(C(=O)O)nn1. The summed E-state index contributed by atoms with van der Waals surface area (Å²) >= 11 is 0. The standard InChI is InChI=1S/C11H16N6O4/c12-9(18)8-2-1-4-17(8)11(21)13-3-5-16-6-7(10(19)20)14-15-16/h6,8H,1-5H2,(H2,12,18)(H,13,21)(H,19,20). The average molecular weight is 296 g/mol. The van der Waals surface area contributed by atoms with Crippen LogP contribution in [0.15, 0.2) is 6.20 Å². The number of carbonyl (C=O) groups is 3. The summed E-state index contributed by atoms with van der Waals surface area (Å²) in [6.07, 6.45) is 2.59. The highest BCUT2D eigenvalue weighted by Gasteiger charge is 2.32. The van der Waals surface area contributed by atoms with Crippen molar-refractivity contribution < 1.29 is 19.5 Å². The van der Waals surface area contributed by atoms with Crippen molar-refractivity contribution in [3.63, 3.8) is 0 Å². The maximum Gasteiger partial charge on any atom is 0.358 e. The number of primary amides is 1. The van der Waals surface area contributed by atoms with Crippen LogP contribution in [0.1, 0.15) is 23.3 Å². The molecule has 0 aromatic carbocycles. The summed E-state index contributed by atoms with van der Waals surface area (Å²) in [5.41, 5.74) is 5.08. The van der Waals surface area contributed by atoms with Crippen molar-refractivity contribution in [2.75, 3.05) is 13.1 Å². The van der Waals surface area contributed by atoms with Crippen LogP contribution >= 0.6 is 0 Å². The van der Waals surface area contributed by atoms with Crippen molar-refractivity contribution in [1.29, 1.82) is 0 Å². The van der Waals surface area contributed by atoms with Crippen LogP contribution in [0, 0.1) is 0 Å². The van der Waals surface area contributed by atoms with Crippen molar-refractivity contribution in [3.8, 4) is 0 Å². The maximum atomic E-state index is 11.9. The number of carboxylic acids is 1. The number of nitrogens with zero attached hydrogens (tertiary/aromatic N) is 4. The van der Waals surface area contributed by atoms with Crippen LogP contribution in [0.3, 0.4) is 0 Å². The second-order valence-corrected chi connectivity index (χ2v) is 4.66. The number of aromatic carboxylic acids is 1. The molecule has 114 valence electrons. The number of nitrogens with one attached hydrogen (secondary N) is 1. The lowest BCUT2D eigenvalue weighted by atomic mass is 10.2. The van der Waals surface area contributed by atoms with Crippen LogP contribution < -0.4 is 11.1 Å². The molecule has 4 N–H and O–H groups in total. The van der Waals surface area contributed by atoms with Crippen LogP contribution in [-0.2, 0) is 11.3 Å². The lowest BCUT2D eigenvalue weighted by Gasteiger charge is -2.22. The summed E-state index contributed by atoms with van der Waals surface area (Å²) in [6.45, 7) is 1.01. The van der Waals surface area contributed by atoms with Gasteiger partial charge in [-0.1, -0.05) is 5.21 Å². The number of aromatic nitrogens is 3. The Labute approximate surface area is 119 Å². The van der Waals surface area contributed by atoms with Crippen molar-refractivity contribution in [1.82, 2.24) is 25.2 Å². The Hall–Kier alpha value is -2.65. The van der Waals surface area contributed by atoms with E-state index >= 15 is 0 Å². The van der Waals surface area contributed by atoms with E-state index in [0.717, 1.165) is 6.42 Å². The molecular weight excluding hydrogens is 280 g/mol. The van der Waals surface area contributed by atoms with Crippen LogP contribution in [0.4, 0.5) is 4.79 Å². The van der Waals surface area contributed by atoms with Crippen molar-refractivity contribution in [3.05, 3.63) is 11.9 Å². The second kappa shape index (κ2) is 6.20. The molecule has 21 heavy (non-hydrogen) atoms. The van der Waals surface area contributed by atoms with E-state index in [1.54, 1.807) is 0 Å². The monoisotopic (exact) mass is 296 g/mol. The molecule has 10 nitrogen and oxygen atoms in total. The van der Waals surface area contributed by atoms with E-state index in [1.807, 2.05) is 0 Å². The first-order valence-electron chi connectivity index (χ1n) is 6.46. The largest absolute Gasteiger partial charge is 0.476 e. The Morgan fingerprint density at radius 3 is 2.86 bits per heavy atom. The van der Waals surface area contributed by atoms with Crippen LogP contribution in [0.2, 0.25) is 0 Å². The van der Waals surface area contributed by atoms with E-state index < -0.39 is 17.9 Å². The molecule has 1 saturated heterocycles. The molecule has 1 aliphatic heterocycles. The highest BCUT2D eigenvalue weighted by atomic mass is 16.4. The zero-order valence-electron chi connectivity index (χ0n) is 11.2. The van der Waals surface area contributed by atoms with Crippen LogP contribution in [0.5, 0.6) is 0 Å². The van der Waals surface area contributed by atoms with Crippen molar-refractivity contribution in [2.24, 2.45) is 5.73 Å². The van der Waals surface area contributed by atoms with E-state index in [2.05, 4.69) is 15.6 Å². The fraction of sp³-hybridized carbons (Fsp3) is 0.545. The van der Waals surface area contributed by atoms with Gasteiger partial charge in [0, 0.05) is 13.1 Å². The molecule has 1 fully saturated rings. The number of urea groups is 1. The van der Waals surface area contributed by atoms with Gasteiger partial charge in [0.05, 0.1) is 12.7 Å². The molecule has 3 amide bonds.